The van der Waals surface area contributed by atoms with Crippen molar-refractivity contribution >= 4 is 74.6 Å². The number of nitrogens with one attached hydrogen (secondary N) is 1. The van der Waals surface area contributed by atoms with Crippen molar-refractivity contribution in [2.75, 3.05) is 5.32 Å². The van der Waals surface area contributed by atoms with Gasteiger partial charge in [-0.1, -0.05) is 34.8 Å². The van der Waals surface area contributed by atoms with E-state index >= 15 is 0 Å². The third-order valence-electron chi connectivity index (χ3n) is 3.61. The van der Waals surface area contributed by atoms with Crippen LogP contribution in [0.4, 0.5) is 17.1 Å². The topological polar surface area (TPSA) is 36.8 Å². The second-order valence-electron chi connectivity index (χ2n) is 4.84. The molecule has 2 heterocycles. The van der Waals surface area contributed by atoms with Crippen LogP contribution in [-0.2, 0) is 17.8 Å². The first-order valence-electron chi connectivity index (χ1n) is 6.28. The molecular formula is C13H8Cl3N3S2. The van der Waals surface area contributed by atoms with E-state index in [0.29, 0.717) is 15.7 Å². The molecular weight excluding hydrogens is 369 g/mol. The molecule has 0 spiro atoms. The van der Waals surface area contributed by atoms with Crippen LogP contribution in [0, 0.1) is 0 Å². The third-order valence-corrected chi connectivity index (χ3v) is 6.06. The van der Waals surface area contributed by atoms with Crippen molar-refractivity contribution in [3.63, 3.8) is 0 Å². The maximum absolute atomic E-state index is 6.34. The maximum Gasteiger partial charge on any atom is 0.130 e. The van der Waals surface area contributed by atoms with Crippen LogP contribution in [0.3, 0.4) is 0 Å². The Morgan fingerprint density at radius 1 is 1.10 bits per heavy atom. The number of fused-ring (bicyclic) bond motifs is 2. The van der Waals surface area contributed by atoms with E-state index < -0.39 is 0 Å². The summed E-state index contributed by atoms with van der Waals surface area (Å²) in [5.41, 5.74) is 3.47. The van der Waals surface area contributed by atoms with Gasteiger partial charge in [0.1, 0.15) is 11.4 Å². The number of anilines is 1. The van der Waals surface area contributed by atoms with E-state index in [1.807, 2.05) is 6.07 Å². The lowest BCUT2D eigenvalue weighted by Crippen LogP contribution is -2.07. The van der Waals surface area contributed by atoms with Gasteiger partial charge >= 0.3 is 0 Å². The van der Waals surface area contributed by atoms with Gasteiger partial charge in [-0.25, -0.2) is 0 Å². The molecule has 3 nitrogen and oxygen atoms in total. The fraction of sp³-hybridized carbons (Fsp3) is 0.231. The van der Waals surface area contributed by atoms with Gasteiger partial charge < -0.3 is 5.32 Å². The second kappa shape index (κ2) is 5.25. The van der Waals surface area contributed by atoms with E-state index in [0.717, 1.165) is 39.9 Å². The molecule has 0 radical (unpaired) electrons. The Morgan fingerprint density at radius 2 is 1.90 bits per heavy atom. The molecule has 8 heteroatoms. The fourth-order valence-electron chi connectivity index (χ4n) is 2.67. The largest absolute Gasteiger partial charge is 0.375 e. The molecule has 0 saturated heterocycles. The molecule has 1 N–H and O–H groups in total. The predicted molar refractivity (Wildman–Crippen MR) is 92.0 cm³/mol. The van der Waals surface area contributed by atoms with Crippen molar-refractivity contribution in [1.29, 1.82) is 0 Å². The summed E-state index contributed by atoms with van der Waals surface area (Å²) in [6.45, 7) is 0. The highest BCUT2D eigenvalue weighted by atomic mass is 35.5. The maximum atomic E-state index is 6.34. The lowest BCUT2D eigenvalue weighted by atomic mass is 10.1. The minimum atomic E-state index is 0.201. The SMILES string of the molecule is Clc1cc2c(s1)CCC2Nc1c(Cl)cc(Cl)c2c1N=S=N2. The fourth-order valence-corrected chi connectivity index (χ4v) is 5.19. The quantitative estimate of drug-likeness (QED) is 0.542. The lowest BCUT2D eigenvalue weighted by Gasteiger charge is -2.17. The van der Waals surface area contributed by atoms with Crippen molar-refractivity contribution in [3.8, 4) is 0 Å². The van der Waals surface area contributed by atoms with E-state index in [1.165, 1.54) is 10.4 Å². The number of halogens is 3. The van der Waals surface area contributed by atoms with E-state index in [4.69, 9.17) is 34.8 Å². The van der Waals surface area contributed by atoms with Gasteiger partial charge in [-0.3, -0.25) is 0 Å². The van der Waals surface area contributed by atoms with Crippen molar-refractivity contribution in [3.05, 3.63) is 37.0 Å². The number of nitrogens with zero attached hydrogens (tertiary/aromatic N) is 2. The first-order valence-corrected chi connectivity index (χ1v) is 8.96. The number of rotatable bonds is 2. The highest BCUT2D eigenvalue weighted by Gasteiger charge is 2.28. The number of aryl methyl sites for hydroxylation is 1. The van der Waals surface area contributed by atoms with Crippen molar-refractivity contribution in [2.45, 2.75) is 18.9 Å². The molecule has 2 aromatic rings. The Morgan fingerprint density at radius 3 is 2.76 bits per heavy atom. The lowest BCUT2D eigenvalue weighted by molar-refractivity contribution is 0.762. The van der Waals surface area contributed by atoms with Gasteiger partial charge in [0.15, 0.2) is 0 Å². The molecule has 1 aliphatic heterocycles. The zero-order chi connectivity index (χ0) is 14.6. The van der Waals surface area contributed by atoms with Crippen LogP contribution >= 0.6 is 46.1 Å². The van der Waals surface area contributed by atoms with Gasteiger partial charge in [-0.2, -0.15) is 8.73 Å². The second-order valence-corrected chi connectivity index (χ2v) is 7.95. The number of thiophene rings is 1. The first kappa shape index (κ1) is 14.0. The average molecular weight is 377 g/mol. The van der Waals surface area contributed by atoms with Gasteiger partial charge in [0.05, 0.1) is 37.5 Å². The van der Waals surface area contributed by atoms with Gasteiger partial charge in [-0.15, -0.1) is 11.3 Å². The van der Waals surface area contributed by atoms with Crippen LogP contribution in [-0.4, -0.2) is 0 Å². The summed E-state index contributed by atoms with van der Waals surface area (Å²) in [5.74, 6) is 0. The Balaban J connectivity index is 1.74. The highest BCUT2D eigenvalue weighted by Crippen LogP contribution is 2.50. The summed E-state index contributed by atoms with van der Waals surface area (Å²) in [7, 11) is 0. The van der Waals surface area contributed by atoms with Gasteiger partial charge in [0.25, 0.3) is 0 Å². The van der Waals surface area contributed by atoms with E-state index in [-0.39, 0.29) is 6.04 Å². The molecule has 1 aromatic heterocycles. The smallest absolute Gasteiger partial charge is 0.130 e. The van der Waals surface area contributed by atoms with Crippen LogP contribution in [0.1, 0.15) is 22.9 Å². The van der Waals surface area contributed by atoms with Crippen LogP contribution in [0.25, 0.3) is 0 Å². The molecule has 0 amide bonds. The van der Waals surface area contributed by atoms with Crippen molar-refractivity contribution in [1.82, 2.24) is 0 Å². The zero-order valence-corrected chi connectivity index (χ0v) is 14.4. The standard InChI is InChI=1S/C13H8Cl3N3S2/c14-6-4-7(15)12-13(19-21-18-12)11(6)17-8-1-2-9-5(8)3-10(16)20-9/h3-4,8,17H,1-2H2. The summed E-state index contributed by atoms with van der Waals surface area (Å²) in [6.07, 6.45) is 2.06. The van der Waals surface area contributed by atoms with Crippen LogP contribution in [0.5, 0.6) is 0 Å². The molecule has 1 atom stereocenters. The molecule has 1 aromatic carbocycles. The molecule has 4 rings (SSSR count). The molecule has 0 fully saturated rings. The predicted octanol–water partition coefficient (Wildman–Crippen LogP) is 6.53. The van der Waals surface area contributed by atoms with Gasteiger partial charge in [-0.05, 0) is 30.5 Å². The average Bonchev–Trinajstić information content (AvgIpc) is 3.10. The summed E-state index contributed by atoms with van der Waals surface area (Å²) < 4.78 is 9.37. The first-order chi connectivity index (χ1) is 10.1. The zero-order valence-electron chi connectivity index (χ0n) is 10.5. The van der Waals surface area contributed by atoms with Gasteiger partial charge in [0, 0.05) is 4.88 Å². The highest BCUT2D eigenvalue weighted by molar-refractivity contribution is 7.58. The third kappa shape index (κ3) is 2.32. The normalized spacial score (nSPS) is 18.5. The van der Waals surface area contributed by atoms with Crippen LogP contribution in [0.15, 0.2) is 20.9 Å². The number of benzene rings is 1. The molecule has 1 unspecified atom stereocenters. The summed E-state index contributed by atoms with van der Waals surface area (Å²) >= 11 is 21.4. The van der Waals surface area contributed by atoms with Crippen LogP contribution < -0.4 is 5.32 Å². The Hall–Kier alpha value is -0.590. The summed E-state index contributed by atoms with van der Waals surface area (Å²) in [6, 6.07) is 3.95. The monoisotopic (exact) mass is 375 g/mol. The van der Waals surface area contributed by atoms with Crippen molar-refractivity contribution < 1.29 is 0 Å². The Bertz CT molecular complexity index is 825. The minimum absolute atomic E-state index is 0.201. The Kier molecular flexibility index (Phi) is 3.51. The van der Waals surface area contributed by atoms with E-state index in [2.05, 4.69) is 14.0 Å². The molecule has 0 saturated carbocycles. The van der Waals surface area contributed by atoms with E-state index in [9.17, 15) is 0 Å². The van der Waals surface area contributed by atoms with E-state index in [1.54, 1.807) is 17.4 Å². The molecule has 2 aliphatic rings. The number of hydrogen-bond donors (Lipinski definition) is 1. The summed E-state index contributed by atoms with van der Waals surface area (Å²) in [4.78, 5) is 1.34. The van der Waals surface area contributed by atoms with Crippen LogP contribution in [0.2, 0.25) is 14.4 Å². The molecule has 108 valence electrons. The van der Waals surface area contributed by atoms with Crippen molar-refractivity contribution in [2.24, 2.45) is 8.73 Å². The summed E-state index contributed by atoms with van der Waals surface area (Å²) in [5, 5.41) is 4.59. The molecule has 1 aliphatic carbocycles. The number of hydrogen-bond acceptors (Lipinski definition) is 4. The van der Waals surface area contributed by atoms with Gasteiger partial charge in [0.2, 0.25) is 0 Å². The Labute approximate surface area is 144 Å². The molecule has 0 bridgehead atoms. The molecule has 21 heavy (non-hydrogen) atoms. The minimum Gasteiger partial charge on any atom is -0.375 e.